The Balaban J connectivity index is 1.86. The molecular weight excluding hydrogens is 221 g/mol. The summed E-state index contributed by atoms with van der Waals surface area (Å²) < 4.78 is 18.5. The van der Waals surface area contributed by atoms with Crippen LogP contribution in [0.15, 0.2) is 24.3 Å². The van der Waals surface area contributed by atoms with E-state index < -0.39 is 0 Å². The molecule has 0 bridgehead atoms. The normalized spacial score (nSPS) is 16.8. The van der Waals surface area contributed by atoms with Crippen molar-refractivity contribution < 1.29 is 13.9 Å². The Hall–Kier alpha value is -1.42. The fourth-order valence-corrected chi connectivity index (χ4v) is 1.94. The number of benzene rings is 1. The van der Waals surface area contributed by atoms with E-state index in [0.29, 0.717) is 18.8 Å². The number of hydrogen-bond acceptors (Lipinski definition) is 2. The van der Waals surface area contributed by atoms with E-state index in [-0.39, 0.29) is 24.2 Å². The van der Waals surface area contributed by atoms with Gasteiger partial charge in [-0.15, -0.1) is 0 Å². The van der Waals surface area contributed by atoms with Crippen LogP contribution in [0.1, 0.15) is 18.4 Å². The van der Waals surface area contributed by atoms with Gasteiger partial charge in [-0.3, -0.25) is 4.79 Å². The third kappa shape index (κ3) is 3.53. The standard InChI is InChI=1S/C13H16FNO2/c14-12-4-2-1-3-10(12)9-13(16)15-11-5-7-17-8-6-11/h1-4,11H,5-9H2,(H,15,16). The zero-order valence-electron chi connectivity index (χ0n) is 9.62. The van der Waals surface area contributed by atoms with E-state index in [4.69, 9.17) is 4.74 Å². The first kappa shape index (κ1) is 12.0. The molecule has 0 spiro atoms. The summed E-state index contributed by atoms with van der Waals surface area (Å²) in [6.45, 7) is 1.37. The van der Waals surface area contributed by atoms with Crippen molar-refractivity contribution in [3.63, 3.8) is 0 Å². The van der Waals surface area contributed by atoms with Crippen molar-refractivity contribution in [3.05, 3.63) is 35.6 Å². The predicted molar refractivity (Wildman–Crippen MR) is 62.1 cm³/mol. The minimum Gasteiger partial charge on any atom is -0.381 e. The van der Waals surface area contributed by atoms with E-state index in [9.17, 15) is 9.18 Å². The molecule has 17 heavy (non-hydrogen) atoms. The van der Waals surface area contributed by atoms with Gasteiger partial charge in [0.15, 0.2) is 0 Å². The van der Waals surface area contributed by atoms with Crippen LogP contribution in [0.25, 0.3) is 0 Å². The molecule has 1 aromatic carbocycles. The zero-order valence-corrected chi connectivity index (χ0v) is 9.62. The van der Waals surface area contributed by atoms with Gasteiger partial charge in [-0.1, -0.05) is 18.2 Å². The average molecular weight is 237 g/mol. The van der Waals surface area contributed by atoms with E-state index in [2.05, 4.69) is 5.32 Å². The molecule has 4 heteroatoms. The van der Waals surface area contributed by atoms with E-state index in [0.717, 1.165) is 12.8 Å². The highest BCUT2D eigenvalue weighted by molar-refractivity contribution is 5.78. The van der Waals surface area contributed by atoms with Crippen LogP contribution in [0.3, 0.4) is 0 Å². The van der Waals surface area contributed by atoms with Gasteiger partial charge < -0.3 is 10.1 Å². The van der Waals surface area contributed by atoms with Gasteiger partial charge in [0.05, 0.1) is 6.42 Å². The molecule has 1 fully saturated rings. The van der Waals surface area contributed by atoms with Crippen molar-refractivity contribution in [3.8, 4) is 0 Å². The van der Waals surface area contributed by atoms with Crippen LogP contribution >= 0.6 is 0 Å². The first-order valence-corrected chi connectivity index (χ1v) is 5.86. The molecule has 1 aromatic rings. The van der Waals surface area contributed by atoms with Crippen molar-refractivity contribution >= 4 is 5.91 Å². The number of rotatable bonds is 3. The van der Waals surface area contributed by atoms with E-state index in [1.807, 2.05) is 0 Å². The molecule has 0 unspecified atom stereocenters. The lowest BCUT2D eigenvalue weighted by atomic mass is 10.1. The van der Waals surface area contributed by atoms with Gasteiger partial charge in [-0.25, -0.2) is 4.39 Å². The molecule has 0 atom stereocenters. The second kappa shape index (κ2) is 5.77. The van der Waals surface area contributed by atoms with Crippen molar-refractivity contribution in [2.24, 2.45) is 0 Å². The lowest BCUT2D eigenvalue weighted by molar-refractivity contribution is -0.121. The van der Waals surface area contributed by atoms with Crippen molar-refractivity contribution in [2.45, 2.75) is 25.3 Å². The molecule has 92 valence electrons. The Morgan fingerprint density at radius 2 is 2.06 bits per heavy atom. The van der Waals surface area contributed by atoms with Crippen LogP contribution in [0.2, 0.25) is 0 Å². The molecule has 0 saturated carbocycles. The average Bonchev–Trinajstić information content (AvgIpc) is 2.33. The number of hydrogen-bond donors (Lipinski definition) is 1. The van der Waals surface area contributed by atoms with Crippen molar-refractivity contribution in [1.82, 2.24) is 5.32 Å². The summed E-state index contributed by atoms with van der Waals surface area (Å²) >= 11 is 0. The molecule has 0 radical (unpaired) electrons. The highest BCUT2D eigenvalue weighted by Gasteiger charge is 2.16. The fourth-order valence-electron chi connectivity index (χ4n) is 1.94. The quantitative estimate of drug-likeness (QED) is 0.868. The minimum atomic E-state index is -0.324. The smallest absolute Gasteiger partial charge is 0.224 e. The van der Waals surface area contributed by atoms with Gasteiger partial charge in [0.2, 0.25) is 5.91 Å². The van der Waals surface area contributed by atoms with Gasteiger partial charge in [0, 0.05) is 19.3 Å². The minimum absolute atomic E-state index is 0.101. The lowest BCUT2D eigenvalue weighted by Gasteiger charge is -2.23. The molecule has 1 aliphatic rings. The molecule has 1 amide bonds. The Labute approximate surface area is 100.0 Å². The second-order valence-corrected chi connectivity index (χ2v) is 4.22. The molecule has 2 rings (SSSR count). The Kier molecular flexibility index (Phi) is 4.09. The number of amides is 1. The molecular formula is C13H16FNO2. The Morgan fingerprint density at radius 3 is 2.76 bits per heavy atom. The highest BCUT2D eigenvalue weighted by atomic mass is 19.1. The van der Waals surface area contributed by atoms with Crippen LogP contribution in [0.5, 0.6) is 0 Å². The number of carbonyl (C=O) groups excluding carboxylic acids is 1. The van der Waals surface area contributed by atoms with Crippen LogP contribution in [0.4, 0.5) is 4.39 Å². The van der Waals surface area contributed by atoms with Crippen LogP contribution < -0.4 is 5.32 Å². The maximum absolute atomic E-state index is 13.3. The largest absolute Gasteiger partial charge is 0.381 e. The van der Waals surface area contributed by atoms with Crippen LogP contribution in [-0.4, -0.2) is 25.2 Å². The van der Waals surface area contributed by atoms with E-state index >= 15 is 0 Å². The number of nitrogens with one attached hydrogen (secondary N) is 1. The predicted octanol–water partition coefficient (Wildman–Crippen LogP) is 1.66. The van der Waals surface area contributed by atoms with Crippen LogP contribution in [-0.2, 0) is 16.0 Å². The summed E-state index contributed by atoms with van der Waals surface area (Å²) in [6.07, 6.45) is 1.77. The summed E-state index contributed by atoms with van der Waals surface area (Å²) in [5, 5.41) is 2.91. The van der Waals surface area contributed by atoms with Crippen LogP contribution in [0, 0.1) is 5.82 Å². The highest BCUT2D eigenvalue weighted by Crippen LogP contribution is 2.09. The maximum atomic E-state index is 13.3. The number of ether oxygens (including phenoxy) is 1. The first-order valence-electron chi connectivity index (χ1n) is 5.86. The number of carbonyl (C=O) groups is 1. The Bertz CT molecular complexity index is 389. The maximum Gasteiger partial charge on any atom is 0.224 e. The van der Waals surface area contributed by atoms with Gasteiger partial charge >= 0.3 is 0 Å². The van der Waals surface area contributed by atoms with E-state index in [1.54, 1.807) is 18.2 Å². The first-order chi connectivity index (χ1) is 8.25. The molecule has 1 N–H and O–H groups in total. The van der Waals surface area contributed by atoms with Crippen molar-refractivity contribution in [1.29, 1.82) is 0 Å². The van der Waals surface area contributed by atoms with Gasteiger partial charge in [-0.2, -0.15) is 0 Å². The monoisotopic (exact) mass is 237 g/mol. The summed E-state index contributed by atoms with van der Waals surface area (Å²) in [6, 6.07) is 6.54. The molecule has 0 aliphatic carbocycles. The van der Waals surface area contributed by atoms with Gasteiger partial charge in [0.25, 0.3) is 0 Å². The van der Waals surface area contributed by atoms with E-state index in [1.165, 1.54) is 6.07 Å². The molecule has 3 nitrogen and oxygen atoms in total. The third-order valence-electron chi connectivity index (χ3n) is 2.90. The van der Waals surface area contributed by atoms with Crippen molar-refractivity contribution in [2.75, 3.05) is 13.2 Å². The summed E-state index contributed by atoms with van der Waals surface area (Å²) in [7, 11) is 0. The molecule has 0 aromatic heterocycles. The molecule has 1 saturated heterocycles. The zero-order chi connectivity index (χ0) is 12.1. The SMILES string of the molecule is O=C(Cc1ccccc1F)NC1CCOCC1. The summed E-state index contributed by atoms with van der Waals surface area (Å²) in [5.74, 6) is -0.448. The third-order valence-corrected chi connectivity index (χ3v) is 2.90. The summed E-state index contributed by atoms with van der Waals surface area (Å²) in [5.41, 5.74) is 0.442. The number of halogens is 1. The summed E-state index contributed by atoms with van der Waals surface area (Å²) in [4.78, 5) is 11.7. The van der Waals surface area contributed by atoms with Gasteiger partial charge in [0.1, 0.15) is 5.82 Å². The van der Waals surface area contributed by atoms with Gasteiger partial charge in [-0.05, 0) is 24.5 Å². The molecule has 1 heterocycles. The second-order valence-electron chi connectivity index (χ2n) is 4.22. The lowest BCUT2D eigenvalue weighted by Crippen LogP contribution is -2.39. The topological polar surface area (TPSA) is 38.3 Å². The molecule has 1 aliphatic heterocycles. The Morgan fingerprint density at radius 1 is 1.35 bits per heavy atom. The fraction of sp³-hybridized carbons (Fsp3) is 0.462.